The molecule has 1 saturated heterocycles. The van der Waals surface area contributed by atoms with Crippen molar-refractivity contribution in [2.75, 3.05) is 19.6 Å². The molecule has 0 aromatic carbocycles. The minimum Gasteiger partial charge on any atom is -0.303 e. The van der Waals surface area contributed by atoms with Crippen LogP contribution in [0.25, 0.3) is 0 Å². The molecule has 1 aromatic rings. The van der Waals surface area contributed by atoms with Gasteiger partial charge in [0.15, 0.2) is 0 Å². The Hall–Kier alpha value is -0.0600. The molecule has 0 bridgehead atoms. The van der Waals surface area contributed by atoms with Crippen molar-refractivity contribution in [1.82, 2.24) is 9.88 Å². The molecule has 1 aliphatic heterocycles. The van der Waals surface area contributed by atoms with Gasteiger partial charge in [0, 0.05) is 23.6 Å². The van der Waals surface area contributed by atoms with Gasteiger partial charge in [-0.3, -0.25) is 0 Å². The predicted molar refractivity (Wildman–Crippen MR) is 78.2 cm³/mol. The zero-order valence-electron chi connectivity index (χ0n) is 10.6. The van der Waals surface area contributed by atoms with Crippen molar-refractivity contribution in [3.05, 3.63) is 15.6 Å². The highest BCUT2D eigenvalue weighted by molar-refractivity contribution is 7.79. The van der Waals surface area contributed by atoms with Gasteiger partial charge in [-0.15, -0.1) is 11.3 Å². The molecule has 96 valence electrons. The standard InChI is InChI=1S/C13H22N2S2/c1-11-12(10-16)17-13(14-11)6-9-15-7-4-2-3-5-8-15/h16H,2-10H2,1H3. The molecule has 0 radical (unpaired) electrons. The lowest BCUT2D eigenvalue weighted by Gasteiger charge is -2.18. The fraction of sp³-hybridized carbons (Fsp3) is 0.769. The van der Waals surface area contributed by atoms with E-state index in [0.29, 0.717) is 0 Å². The number of thiol groups is 1. The van der Waals surface area contributed by atoms with E-state index in [4.69, 9.17) is 0 Å². The van der Waals surface area contributed by atoms with E-state index >= 15 is 0 Å². The number of aromatic nitrogens is 1. The van der Waals surface area contributed by atoms with Crippen molar-refractivity contribution in [1.29, 1.82) is 0 Å². The minimum atomic E-state index is 0.827. The Kier molecular flexibility index (Phi) is 5.32. The summed E-state index contributed by atoms with van der Waals surface area (Å²) < 4.78 is 0. The molecule has 0 aliphatic carbocycles. The Bertz CT molecular complexity index is 341. The SMILES string of the molecule is Cc1nc(CCN2CCCCCC2)sc1CS. The number of rotatable bonds is 4. The van der Waals surface area contributed by atoms with Gasteiger partial charge in [-0.05, 0) is 32.9 Å². The molecule has 17 heavy (non-hydrogen) atoms. The van der Waals surface area contributed by atoms with E-state index in [1.807, 2.05) is 11.3 Å². The second kappa shape index (κ2) is 6.76. The fourth-order valence-electron chi connectivity index (χ4n) is 2.36. The normalized spacial score (nSPS) is 18.2. The molecule has 1 aromatic heterocycles. The molecule has 2 heterocycles. The fourth-order valence-corrected chi connectivity index (χ4v) is 3.70. The highest BCUT2D eigenvalue weighted by Gasteiger charge is 2.11. The number of hydrogen-bond acceptors (Lipinski definition) is 4. The second-order valence-corrected chi connectivity index (χ2v) is 6.26. The third-order valence-electron chi connectivity index (χ3n) is 3.42. The average Bonchev–Trinajstić information content (AvgIpc) is 2.55. The Morgan fingerprint density at radius 1 is 1.24 bits per heavy atom. The van der Waals surface area contributed by atoms with E-state index in [1.165, 1.54) is 60.9 Å². The van der Waals surface area contributed by atoms with Crippen LogP contribution in [0.1, 0.15) is 41.3 Å². The van der Waals surface area contributed by atoms with Gasteiger partial charge >= 0.3 is 0 Å². The molecule has 0 saturated carbocycles. The van der Waals surface area contributed by atoms with Gasteiger partial charge in [0.05, 0.1) is 10.7 Å². The summed E-state index contributed by atoms with van der Waals surface area (Å²) in [6.45, 7) is 5.84. The molecule has 0 unspecified atom stereocenters. The molecule has 0 atom stereocenters. The van der Waals surface area contributed by atoms with Crippen LogP contribution in [0.2, 0.25) is 0 Å². The maximum atomic E-state index is 4.63. The van der Waals surface area contributed by atoms with E-state index in [0.717, 1.165) is 12.2 Å². The minimum absolute atomic E-state index is 0.827. The molecule has 2 nitrogen and oxygen atoms in total. The summed E-state index contributed by atoms with van der Waals surface area (Å²) >= 11 is 6.18. The first-order valence-electron chi connectivity index (χ1n) is 6.58. The van der Waals surface area contributed by atoms with Crippen molar-refractivity contribution in [2.24, 2.45) is 0 Å². The number of thiazole rings is 1. The van der Waals surface area contributed by atoms with Crippen molar-refractivity contribution in [3.63, 3.8) is 0 Å². The van der Waals surface area contributed by atoms with E-state index in [9.17, 15) is 0 Å². The predicted octanol–water partition coefficient (Wildman–Crippen LogP) is 3.30. The summed E-state index contributed by atoms with van der Waals surface area (Å²) in [5, 5.41) is 1.29. The Labute approximate surface area is 114 Å². The van der Waals surface area contributed by atoms with E-state index in [2.05, 4.69) is 29.4 Å². The van der Waals surface area contributed by atoms with Crippen LogP contribution in [0.5, 0.6) is 0 Å². The molecular weight excluding hydrogens is 248 g/mol. The molecule has 0 spiro atoms. The first-order chi connectivity index (χ1) is 8.29. The average molecular weight is 270 g/mol. The number of nitrogens with zero attached hydrogens (tertiary/aromatic N) is 2. The van der Waals surface area contributed by atoms with Gasteiger partial charge in [-0.1, -0.05) is 12.8 Å². The topological polar surface area (TPSA) is 16.1 Å². The van der Waals surface area contributed by atoms with Crippen LogP contribution in [0, 0.1) is 6.92 Å². The highest BCUT2D eigenvalue weighted by Crippen LogP contribution is 2.20. The molecule has 1 fully saturated rings. The zero-order chi connectivity index (χ0) is 12.1. The number of hydrogen-bond donors (Lipinski definition) is 1. The van der Waals surface area contributed by atoms with Gasteiger partial charge in [0.25, 0.3) is 0 Å². The maximum Gasteiger partial charge on any atom is 0.0944 e. The lowest BCUT2D eigenvalue weighted by atomic mass is 10.2. The van der Waals surface area contributed by atoms with E-state index in [1.54, 1.807) is 0 Å². The van der Waals surface area contributed by atoms with Crippen molar-refractivity contribution in [3.8, 4) is 0 Å². The van der Waals surface area contributed by atoms with Gasteiger partial charge in [0.2, 0.25) is 0 Å². The van der Waals surface area contributed by atoms with Crippen LogP contribution in [0.3, 0.4) is 0 Å². The second-order valence-electron chi connectivity index (χ2n) is 4.78. The smallest absolute Gasteiger partial charge is 0.0944 e. The van der Waals surface area contributed by atoms with Gasteiger partial charge in [0.1, 0.15) is 0 Å². The summed E-state index contributed by atoms with van der Waals surface area (Å²) in [5.74, 6) is 0.827. The quantitative estimate of drug-likeness (QED) is 0.845. The molecule has 2 rings (SSSR count). The molecule has 4 heteroatoms. The first kappa shape index (κ1) is 13.4. The molecule has 0 amide bonds. The maximum absolute atomic E-state index is 4.63. The van der Waals surface area contributed by atoms with Crippen LogP contribution >= 0.6 is 24.0 Å². The molecular formula is C13H22N2S2. The van der Waals surface area contributed by atoms with Gasteiger partial charge < -0.3 is 4.90 Å². The summed E-state index contributed by atoms with van der Waals surface area (Å²) in [4.78, 5) is 8.57. The molecule has 0 N–H and O–H groups in total. The lowest BCUT2D eigenvalue weighted by Crippen LogP contribution is -2.26. The van der Waals surface area contributed by atoms with Gasteiger partial charge in [-0.2, -0.15) is 12.6 Å². The number of aryl methyl sites for hydroxylation is 1. The Morgan fingerprint density at radius 3 is 2.53 bits per heavy atom. The van der Waals surface area contributed by atoms with Gasteiger partial charge in [-0.25, -0.2) is 4.98 Å². The zero-order valence-corrected chi connectivity index (χ0v) is 12.3. The first-order valence-corrected chi connectivity index (χ1v) is 8.03. The largest absolute Gasteiger partial charge is 0.303 e. The highest BCUT2D eigenvalue weighted by atomic mass is 32.1. The van der Waals surface area contributed by atoms with Crippen LogP contribution in [-0.2, 0) is 12.2 Å². The van der Waals surface area contributed by atoms with E-state index < -0.39 is 0 Å². The lowest BCUT2D eigenvalue weighted by molar-refractivity contribution is 0.288. The van der Waals surface area contributed by atoms with Crippen molar-refractivity contribution >= 4 is 24.0 Å². The third-order valence-corrected chi connectivity index (χ3v) is 5.17. The summed E-state index contributed by atoms with van der Waals surface area (Å²) in [6, 6.07) is 0. The van der Waals surface area contributed by atoms with E-state index in [-0.39, 0.29) is 0 Å². The Morgan fingerprint density at radius 2 is 1.94 bits per heavy atom. The molecule has 1 aliphatic rings. The van der Waals surface area contributed by atoms with Crippen LogP contribution in [0.4, 0.5) is 0 Å². The third kappa shape index (κ3) is 3.97. The summed E-state index contributed by atoms with van der Waals surface area (Å²) in [5.41, 5.74) is 1.18. The van der Waals surface area contributed by atoms with Crippen molar-refractivity contribution in [2.45, 2.75) is 44.8 Å². The number of likely N-dealkylation sites (tertiary alicyclic amines) is 1. The summed E-state index contributed by atoms with van der Waals surface area (Å²) in [6.07, 6.45) is 6.68. The monoisotopic (exact) mass is 270 g/mol. The summed E-state index contributed by atoms with van der Waals surface area (Å²) in [7, 11) is 0. The van der Waals surface area contributed by atoms with Crippen molar-refractivity contribution < 1.29 is 0 Å². The Balaban J connectivity index is 1.83. The van der Waals surface area contributed by atoms with Crippen LogP contribution in [-0.4, -0.2) is 29.5 Å². The van der Waals surface area contributed by atoms with Crippen LogP contribution < -0.4 is 0 Å². The van der Waals surface area contributed by atoms with Crippen LogP contribution in [0.15, 0.2) is 0 Å².